The predicted octanol–water partition coefficient (Wildman–Crippen LogP) is 15.4. The van der Waals surface area contributed by atoms with Crippen molar-refractivity contribution in [2.75, 3.05) is 41.0 Å². The van der Waals surface area contributed by atoms with Crippen molar-refractivity contribution in [3.8, 4) is 0 Å². The van der Waals surface area contributed by atoms with Gasteiger partial charge in [-0.05, 0) is 38.5 Å². The molecule has 8 nitrogen and oxygen atoms in total. The number of hydrogen-bond acceptors (Lipinski definition) is 7. The van der Waals surface area contributed by atoms with Crippen LogP contribution >= 0.6 is 0 Å². The summed E-state index contributed by atoms with van der Waals surface area (Å²) in [6.07, 6.45) is 57.9. The number of hydrogen-bond donors (Lipinski definition) is 0. The summed E-state index contributed by atoms with van der Waals surface area (Å²) in [7, 11) is 5.43. The predicted molar refractivity (Wildman–Crippen MR) is 277 cm³/mol. The lowest BCUT2D eigenvalue weighted by Gasteiger charge is -2.34. The van der Waals surface area contributed by atoms with E-state index in [4.69, 9.17) is 14.2 Å². The Bertz CT molecular complexity index is 1130. The van der Waals surface area contributed by atoms with E-state index < -0.39 is 18.1 Å². The molecule has 66 heavy (non-hydrogen) atoms. The van der Waals surface area contributed by atoms with Crippen molar-refractivity contribution in [3.63, 3.8) is 0 Å². The summed E-state index contributed by atoms with van der Waals surface area (Å²) in [6, 6.07) is -0.724. The van der Waals surface area contributed by atoms with Crippen LogP contribution in [0.5, 0.6) is 0 Å². The van der Waals surface area contributed by atoms with Crippen molar-refractivity contribution < 1.29 is 38.2 Å². The number of quaternary nitrogens is 1. The highest BCUT2D eigenvalue weighted by atomic mass is 16.6. The molecule has 0 fully saturated rings. The van der Waals surface area contributed by atoms with Gasteiger partial charge in [0.1, 0.15) is 12.6 Å². The molecule has 0 aliphatic heterocycles. The van der Waals surface area contributed by atoms with Crippen LogP contribution in [0.2, 0.25) is 0 Å². The molecule has 2 unspecified atom stereocenters. The second-order valence-corrected chi connectivity index (χ2v) is 20.6. The Labute approximate surface area is 409 Å². The van der Waals surface area contributed by atoms with Crippen LogP contribution in [0.15, 0.2) is 24.3 Å². The Kier molecular flexibility index (Phi) is 47.6. The van der Waals surface area contributed by atoms with Crippen LogP contribution in [0.25, 0.3) is 0 Å². The number of carboxylic acids is 1. The molecule has 0 aromatic carbocycles. The van der Waals surface area contributed by atoms with Gasteiger partial charge in [-0.1, -0.05) is 244 Å². The number of esters is 2. The van der Waals surface area contributed by atoms with Crippen LogP contribution in [0.1, 0.15) is 277 Å². The van der Waals surface area contributed by atoms with Crippen LogP contribution in [-0.4, -0.2) is 75.5 Å². The van der Waals surface area contributed by atoms with E-state index in [9.17, 15) is 19.5 Å². The van der Waals surface area contributed by atoms with E-state index in [0.717, 1.165) is 38.5 Å². The van der Waals surface area contributed by atoms with Crippen molar-refractivity contribution in [2.24, 2.45) is 0 Å². The van der Waals surface area contributed by atoms with Gasteiger partial charge in [0.15, 0.2) is 6.10 Å². The van der Waals surface area contributed by atoms with Crippen molar-refractivity contribution in [1.82, 2.24) is 0 Å². The van der Waals surface area contributed by atoms with Gasteiger partial charge in [0.05, 0.1) is 40.3 Å². The topological polar surface area (TPSA) is 102 Å². The molecule has 0 rings (SSSR count). The molecule has 8 heteroatoms. The number of nitrogens with zero attached hydrogens (tertiary/aromatic N) is 1. The van der Waals surface area contributed by atoms with Crippen LogP contribution in [0.3, 0.4) is 0 Å². The van der Waals surface area contributed by atoms with Gasteiger partial charge in [0.2, 0.25) is 0 Å². The van der Waals surface area contributed by atoms with Crippen molar-refractivity contribution in [3.05, 3.63) is 24.3 Å². The first-order valence-electron chi connectivity index (χ1n) is 28.4. The number of unbranched alkanes of at least 4 members (excludes halogenated alkanes) is 35. The summed E-state index contributed by atoms with van der Waals surface area (Å²) in [4.78, 5) is 37.1. The maximum atomic E-state index is 12.8. The van der Waals surface area contributed by atoms with E-state index in [1.807, 2.05) is 21.1 Å². The molecule has 0 aromatic heterocycles. The second kappa shape index (κ2) is 49.2. The fourth-order valence-electron chi connectivity index (χ4n) is 8.71. The van der Waals surface area contributed by atoms with E-state index in [0.29, 0.717) is 12.8 Å². The molecule has 0 N–H and O–H groups in total. The minimum absolute atomic E-state index is 0.0449. The zero-order valence-electron chi connectivity index (χ0n) is 44.4. The Hall–Kier alpha value is -2.19. The van der Waals surface area contributed by atoms with Crippen molar-refractivity contribution in [1.29, 1.82) is 0 Å². The van der Waals surface area contributed by atoms with Crippen molar-refractivity contribution in [2.45, 2.75) is 289 Å². The molecule has 0 aliphatic rings. The summed E-state index contributed by atoms with van der Waals surface area (Å²) >= 11 is 0. The van der Waals surface area contributed by atoms with Gasteiger partial charge in [0.25, 0.3) is 0 Å². The molecule has 0 radical (unpaired) electrons. The molecule has 388 valence electrons. The summed E-state index contributed by atoms with van der Waals surface area (Å²) in [6.45, 7) is 4.69. The third-order valence-corrected chi connectivity index (χ3v) is 13.1. The first kappa shape index (κ1) is 63.8. The smallest absolute Gasteiger partial charge is 0.306 e. The van der Waals surface area contributed by atoms with Crippen LogP contribution < -0.4 is 5.11 Å². The zero-order chi connectivity index (χ0) is 48.4. The number of carbonyl (C=O) groups is 3. The van der Waals surface area contributed by atoms with Gasteiger partial charge in [-0.2, -0.15) is 0 Å². The third-order valence-electron chi connectivity index (χ3n) is 13.1. The lowest BCUT2D eigenvalue weighted by molar-refractivity contribution is -0.889. The average molecular weight is 933 g/mol. The van der Waals surface area contributed by atoms with Gasteiger partial charge >= 0.3 is 11.9 Å². The molecule has 0 amide bonds. The molecule has 0 aliphatic carbocycles. The Morgan fingerprint density at radius 2 is 0.788 bits per heavy atom. The van der Waals surface area contributed by atoms with E-state index in [2.05, 4.69) is 38.2 Å². The number of allylic oxidation sites excluding steroid dienone is 4. The van der Waals surface area contributed by atoms with Crippen LogP contribution in [0, 0.1) is 0 Å². The largest absolute Gasteiger partial charge is 0.544 e. The lowest BCUT2D eigenvalue weighted by atomic mass is 10.0. The number of rotatable bonds is 52. The van der Waals surface area contributed by atoms with Gasteiger partial charge < -0.3 is 28.6 Å². The molecular formula is C58H109NO7. The zero-order valence-corrected chi connectivity index (χ0v) is 44.4. The van der Waals surface area contributed by atoms with Crippen molar-refractivity contribution >= 4 is 17.9 Å². The fraction of sp³-hybridized carbons (Fsp3) is 0.879. The highest BCUT2D eigenvalue weighted by Gasteiger charge is 2.25. The number of likely N-dealkylation sites (N-methyl/N-ethyl adjacent to an activating group) is 1. The van der Waals surface area contributed by atoms with E-state index >= 15 is 0 Å². The Morgan fingerprint density at radius 3 is 1.17 bits per heavy atom. The van der Waals surface area contributed by atoms with E-state index in [-0.39, 0.29) is 42.7 Å². The number of carbonyl (C=O) groups excluding carboxylic acids is 3. The molecule has 0 spiro atoms. The quantitative estimate of drug-likeness (QED) is 0.0259. The Morgan fingerprint density at radius 1 is 0.455 bits per heavy atom. The van der Waals surface area contributed by atoms with Gasteiger partial charge in [-0.3, -0.25) is 9.59 Å². The maximum Gasteiger partial charge on any atom is 0.306 e. The highest BCUT2D eigenvalue weighted by molar-refractivity contribution is 5.70. The minimum atomic E-state index is -1.12. The molecule has 0 heterocycles. The van der Waals surface area contributed by atoms with E-state index in [1.54, 1.807) is 0 Å². The molecule has 0 saturated carbocycles. The molecule has 0 bridgehead atoms. The number of aliphatic carboxylic acids is 1. The minimum Gasteiger partial charge on any atom is -0.544 e. The summed E-state index contributed by atoms with van der Waals surface area (Å²) in [5.74, 6) is -1.72. The normalized spacial score (nSPS) is 12.9. The number of carboxylic acid groups (broad SMARTS) is 1. The van der Waals surface area contributed by atoms with Gasteiger partial charge in [-0.15, -0.1) is 0 Å². The van der Waals surface area contributed by atoms with Crippen LogP contribution in [-0.2, 0) is 28.6 Å². The number of ether oxygens (including phenoxy) is 3. The molecule has 0 aromatic rings. The summed E-state index contributed by atoms with van der Waals surface area (Å²) in [5, 5.41) is 11.7. The summed E-state index contributed by atoms with van der Waals surface area (Å²) in [5.41, 5.74) is 0. The monoisotopic (exact) mass is 932 g/mol. The maximum absolute atomic E-state index is 12.8. The van der Waals surface area contributed by atoms with Gasteiger partial charge in [-0.25, -0.2) is 0 Å². The lowest BCUT2D eigenvalue weighted by Crippen LogP contribution is -2.55. The fourth-order valence-corrected chi connectivity index (χ4v) is 8.71. The molecular weight excluding hydrogens is 823 g/mol. The van der Waals surface area contributed by atoms with Crippen LogP contribution in [0.4, 0.5) is 0 Å². The van der Waals surface area contributed by atoms with E-state index in [1.165, 1.54) is 205 Å². The molecule has 0 saturated heterocycles. The summed E-state index contributed by atoms with van der Waals surface area (Å²) < 4.78 is 17.3. The van der Waals surface area contributed by atoms with Gasteiger partial charge in [0, 0.05) is 19.3 Å². The Balaban J connectivity index is 4.14. The highest BCUT2D eigenvalue weighted by Crippen LogP contribution is 2.17. The average Bonchev–Trinajstić information content (AvgIpc) is 3.28. The second-order valence-electron chi connectivity index (χ2n) is 20.6. The first-order chi connectivity index (χ1) is 32.1. The third kappa shape index (κ3) is 46.9. The molecule has 2 atom stereocenters. The first-order valence-corrected chi connectivity index (χ1v) is 28.4. The SMILES string of the molecule is CCCCC/C=C/C=C/CCCCCCCCCCCCC(=O)OCC(COCCC(C(=O)[O-])[N+](C)(C)C)OC(=O)CCCCCCCCCCCCCCCCCCCCCCCCC. The standard InChI is InChI=1S/C58H109NO7/c1-6-8-10-12-14-16-18-20-22-24-26-27-28-29-31-33-35-37-39-41-43-45-47-49-57(61)66-54(52-64-51-50-55(58(62)63)59(3,4)5)53-65-56(60)48-46-44-42-40-38-36-34-32-30-25-23-21-19-17-15-13-11-9-7-2/h15,17,19,21,54-55H,6-14,16,18,20,22-53H2,1-5H3/b17-15+,21-19+.